The Balaban J connectivity index is 3.72. The van der Waals surface area contributed by atoms with Crippen LogP contribution in [0.4, 0.5) is 0 Å². The van der Waals surface area contributed by atoms with E-state index in [-0.39, 0.29) is 12.1 Å². The predicted molar refractivity (Wildman–Crippen MR) is 65.8 cm³/mol. The average molecular weight is 233 g/mol. The quantitative estimate of drug-likeness (QED) is 0.580. The summed E-state index contributed by atoms with van der Waals surface area (Å²) in [4.78, 5) is 0. The molecule has 0 heterocycles. The van der Waals surface area contributed by atoms with Crippen LogP contribution in [0.25, 0.3) is 0 Å². The Morgan fingerprint density at radius 3 is 2.19 bits per heavy atom. The van der Waals surface area contributed by atoms with Gasteiger partial charge in [-0.3, -0.25) is 0 Å². The summed E-state index contributed by atoms with van der Waals surface area (Å²) >= 11 is 0. The van der Waals surface area contributed by atoms with Gasteiger partial charge < -0.3 is 19.5 Å². The second-order valence-corrected chi connectivity index (χ2v) is 4.47. The minimum absolute atomic E-state index is 0.249. The fraction of sp³-hybridized carbons (Fsp3) is 1.00. The molecule has 1 N–H and O–H groups in total. The standard InChI is InChI=1S/C12H27NO3/c1-10(2)13-12(9-16-11(3)4)8-15-7-6-14-5/h10-13H,6-9H2,1-5H3. The molecule has 98 valence electrons. The third kappa shape index (κ3) is 10.4. The number of hydrogen-bond donors (Lipinski definition) is 1. The maximum atomic E-state index is 5.59. The fourth-order valence-corrected chi connectivity index (χ4v) is 1.29. The van der Waals surface area contributed by atoms with Crippen molar-refractivity contribution in [1.82, 2.24) is 5.32 Å². The van der Waals surface area contributed by atoms with Gasteiger partial charge in [-0.15, -0.1) is 0 Å². The molecule has 4 nitrogen and oxygen atoms in total. The minimum Gasteiger partial charge on any atom is -0.382 e. The Labute approximate surface area is 99.6 Å². The van der Waals surface area contributed by atoms with Gasteiger partial charge in [0.25, 0.3) is 0 Å². The third-order valence-electron chi connectivity index (χ3n) is 1.95. The number of rotatable bonds is 10. The SMILES string of the molecule is COCCOCC(COC(C)C)NC(C)C. The van der Waals surface area contributed by atoms with Gasteiger partial charge in [-0.2, -0.15) is 0 Å². The van der Waals surface area contributed by atoms with Crippen molar-refractivity contribution in [2.45, 2.75) is 45.9 Å². The lowest BCUT2D eigenvalue weighted by atomic mass is 10.2. The molecule has 0 fully saturated rings. The summed E-state index contributed by atoms with van der Waals surface area (Å²) in [5.74, 6) is 0. The molecule has 0 saturated heterocycles. The molecule has 1 unspecified atom stereocenters. The van der Waals surface area contributed by atoms with Crippen LogP contribution in [-0.4, -0.2) is 51.7 Å². The first-order valence-corrected chi connectivity index (χ1v) is 6.00. The van der Waals surface area contributed by atoms with Crippen LogP contribution in [-0.2, 0) is 14.2 Å². The number of nitrogens with one attached hydrogen (secondary N) is 1. The Bertz CT molecular complexity index is 151. The Morgan fingerprint density at radius 1 is 1.00 bits per heavy atom. The van der Waals surface area contributed by atoms with Crippen LogP contribution in [0.5, 0.6) is 0 Å². The molecule has 0 amide bonds. The van der Waals surface area contributed by atoms with Gasteiger partial charge in [0.1, 0.15) is 0 Å². The van der Waals surface area contributed by atoms with Gasteiger partial charge in [-0.05, 0) is 13.8 Å². The molecule has 0 spiro atoms. The van der Waals surface area contributed by atoms with E-state index in [2.05, 4.69) is 19.2 Å². The molecule has 0 aromatic carbocycles. The van der Waals surface area contributed by atoms with Crippen molar-refractivity contribution < 1.29 is 14.2 Å². The predicted octanol–water partition coefficient (Wildman–Crippen LogP) is 1.44. The van der Waals surface area contributed by atoms with Crippen LogP contribution in [0, 0.1) is 0 Å². The molecule has 0 aliphatic heterocycles. The monoisotopic (exact) mass is 233 g/mol. The Morgan fingerprint density at radius 2 is 1.69 bits per heavy atom. The van der Waals surface area contributed by atoms with Crippen LogP contribution in [0.2, 0.25) is 0 Å². The second-order valence-electron chi connectivity index (χ2n) is 4.47. The van der Waals surface area contributed by atoms with Crippen LogP contribution < -0.4 is 5.32 Å². The molecule has 0 aromatic heterocycles. The largest absolute Gasteiger partial charge is 0.382 e. The highest BCUT2D eigenvalue weighted by Gasteiger charge is 2.11. The smallest absolute Gasteiger partial charge is 0.0701 e. The summed E-state index contributed by atoms with van der Waals surface area (Å²) in [6.07, 6.45) is 0.260. The number of ether oxygens (including phenoxy) is 3. The molecule has 16 heavy (non-hydrogen) atoms. The van der Waals surface area contributed by atoms with Crippen molar-refractivity contribution in [3.63, 3.8) is 0 Å². The van der Waals surface area contributed by atoms with E-state index in [1.54, 1.807) is 7.11 Å². The van der Waals surface area contributed by atoms with Gasteiger partial charge in [0.05, 0.1) is 38.6 Å². The normalized spacial score (nSPS) is 13.7. The van der Waals surface area contributed by atoms with Gasteiger partial charge >= 0.3 is 0 Å². The van der Waals surface area contributed by atoms with Crippen molar-refractivity contribution in [2.24, 2.45) is 0 Å². The first-order chi connectivity index (χ1) is 7.56. The van der Waals surface area contributed by atoms with E-state index in [4.69, 9.17) is 14.2 Å². The van der Waals surface area contributed by atoms with E-state index >= 15 is 0 Å². The molecule has 0 aromatic rings. The molecule has 0 aliphatic rings. The zero-order valence-electron chi connectivity index (χ0n) is 11.3. The van der Waals surface area contributed by atoms with Crippen molar-refractivity contribution in [2.75, 3.05) is 33.5 Å². The van der Waals surface area contributed by atoms with E-state index < -0.39 is 0 Å². The lowest BCUT2D eigenvalue weighted by molar-refractivity contribution is 0.0140. The van der Waals surface area contributed by atoms with E-state index in [0.717, 1.165) is 0 Å². The van der Waals surface area contributed by atoms with Crippen molar-refractivity contribution in [1.29, 1.82) is 0 Å². The summed E-state index contributed by atoms with van der Waals surface area (Å²) in [7, 11) is 1.68. The van der Waals surface area contributed by atoms with E-state index in [0.29, 0.717) is 32.5 Å². The van der Waals surface area contributed by atoms with Gasteiger partial charge in [0, 0.05) is 13.2 Å². The highest BCUT2D eigenvalue weighted by atomic mass is 16.5. The van der Waals surface area contributed by atoms with Gasteiger partial charge in [0.2, 0.25) is 0 Å². The Kier molecular flexibility index (Phi) is 9.92. The molecular weight excluding hydrogens is 206 g/mol. The third-order valence-corrected chi connectivity index (χ3v) is 1.95. The van der Waals surface area contributed by atoms with Crippen LogP contribution in [0.3, 0.4) is 0 Å². The van der Waals surface area contributed by atoms with Gasteiger partial charge in [-0.25, -0.2) is 0 Å². The minimum atomic E-state index is 0.249. The molecule has 0 radical (unpaired) electrons. The van der Waals surface area contributed by atoms with E-state index in [1.807, 2.05) is 13.8 Å². The maximum Gasteiger partial charge on any atom is 0.0701 e. The zero-order valence-corrected chi connectivity index (χ0v) is 11.3. The highest BCUT2D eigenvalue weighted by Crippen LogP contribution is 1.95. The number of hydrogen-bond acceptors (Lipinski definition) is 4. The number of methoxy groups -OCH3 is 1. The molecular formula is C12H27NO3. The molecule has 0 bridgehead atoms. The maximum absolute atomic E-state index is 5.59. The lowest BCUT2D eigenvalue weighted by Crippen LogP contribution is -2.42. The van der Waals surface area contributed by atoms with E-state index in [9.17, 15) is 0 Å². The van der Waals surface area contributed by atoms with Crippen molar-refractivity contribution in [3.8, 4) is 0 Å². The zero-order chi connectivity index (χ0) is 12.4. The first-order valence-electron chi connectivity index (χ1n) is 6.00. The summed E-state index contributed by atoms with van der Waals surface area (Å²) in [6, 6.07) is 0.686. The van der Waals surface area contributed by atoms with Crippen LogP contribution >= 0.6 is 0 Å². The van der Waals surface area contributed by atoms with Crippen molar-refractivity contribution >= 4 is 0 Å². The van der Waals surface area contributed by atoms with Gasteiger partial charge in [-0.1, -0.05) is 13.8 Å². The summed E-state index contributed by atoms with van der Waals surface area (Å²) in [5, 5.41) is 3.42. The lowest BCUT2D eigenvalue weighted by Gasteiger charge is -2.22. The summed E-state index contributed by atoms with van der Waals surface area (Å²) < 4.78 is 16.0. The molecule has 0 saturated carbocycles. The van der Waals surface area contributed by atoms with Crippen molar-refractivity contribution in [3.05, 3.63) is 0 Å². The van der Waals surface area contributed by atoms with Crippen LogP contribution in [0.1, 0.15) is 27.7 Å². The molecule has 1 atom stereocenters. The average Bonchev–Trinajstić information content (AvgIpc) is 2.19. The highest BCUT2D eigenvalue weighted by molar-refractivity contribution is 4.68. The molecule has 4 heteroatoms. The summed E-state index contributed by atoms with van der Waals surface area (Å²) in [6.45, 7) is 10.9. The molecule has 0 aliphatic carbocycles. The van der Waals surface area contributed by atoms with E-state index in [1.165, 1.54) is 0 Å². The molecule has 0 rings (SSSR count). The van der Waals surface area contributed by atoms with Gasteiger partial charge in [0.15, 0.2) is 0 Å². The second kappa shape index (κ2) is 10.0. The summed E-state index contributed by atoms with van der Waals surface area (Å²) in [5.41, 5.74) is 0. The topological polar surface area (TPSA) is 39.7 Å². The fourth-order valence-electron chi connectivity index (χ4n) is 1.29. The Hall–Kier alpha value is -0.160. The first kappa shape index (κ1) is 15.8. The van der Waals surface area contributed by atoms with Crippen LogP contribution in [0.15, 0.2) is 0 Å².